The number of hydrogen-bond acceptors (Lipinski definition) is 3. The molecule has 0 aliphatic carbocycles. The van der Waals surface area contributed by atoms with Crippen LogP contribution in [0.25, 0.3) is 0 Å². The molecule has 0 spiro atoms. The zero-order valence-electron chi connectivity index (χ0n) is 14.8. The highest BCUT2D eigenvalue weighted by Gasteiger charge is 2.11. The van der Waals surface area contributed by atoms with Crippen molar-refractivity contribution in [2.24, 2.45) is 27.4 Å². The SMILES string of the molecule is C=CCC(C)CC(CC=O)N=C(N)CCCCCCC(N)=NC. The number of nitrogens with two attached hydrogens (primary N) is 2. The molecule has 0 aromatic carbocycles. The summed E-state index contributed by atoms with van der Waals surface area (Å²) < 4.78 is 0. The van der Waals surface area contributed by atoms with E-state index in [0.29, 0.717) is 18.2 Å². The number of allylic oxidation sites excluding steroid dienone is 1. The lowest BCUT2D eigenvalue weighted by molar-refractivity contribution is -0.108. The molecule has 4 N–H and O–H groups in total. The predicted molar refractivity (Wildman–Crippen MR) is 99.9 cm³/mol. The average Bonchev–Trinajstić information content (AvgIpc) is 2.50. The summed E-state index contributed by atoms with van der Waals surface area (Å²) >= 11 is 0. The Labute approximate surface area is 141 Å². The Bertz CT molecular complexity index is 390. The molecule has 0 aliphatic rings. The molecule has 0 bridgehead atoms. The predicted octanol–water partition coefficient (Wildman–Crippen LogP) is 3.23. The molecule has 0 saturated carbocycles. The molecule has 0 saturated heterocycles. The van der Waals surface area contributed by atoms with E-state index in [4.69, 9.17) is 11.5 Å². The van der Waals surface area contributed by atoms with Crippen LogP contribution >= 0.6 is 0 Å². The molecule has 2 atom stereocenters. The Balaban J connectivity index is 4.07. The second-order valence-corrected chi connectivity index (χ2v) is 6.17. The minimum absolute atomic E-state index is 0.00279. The van der Waals surface area contributed by atoms with Gasteiger partial charge in [0.1, 0.15) is 6.29 Å². The molecule has 0 radical (unpaired) electrons. The van der Waals surface area contributed by atoms with E-state index in [0.717, 1.165) is 63.5 Å². The Morgan fingerprint density at radius 1 is 1.09 bits per heavy atom. The molecule has 0 rings (SSSR count). The number of rotatable bonds is 14. The Hall–Kier alpha value is -1.65. The third kappa shape index (κ3) is 12.6. The molecule has 23 heavy (non-hydrogen) atoms. The van der Waals surface area contributed by atoms with Crippen molar-refractivity contribution in [1.29, 1.82) is 0 Å². The molecule has 0 aromatic heterocycles. The van der Waals surface area contributed by atoms with Crippen molar-refractivity contribution in [1.82, 2.24) is 0 Å². The number of aldehydes is 1. The van der Waals surface area contributed by atoms with Gasteiger partial charge in [-0.1, -0.05) is 25.8 Å². The molecule has 2 unspecified atom stereocenters. The van der Waals surface area contributed by atoms with Crippen LogP contribution in [0.5, 0.6) is 0 Å². The Morgan fingerprint density at radius 2 is 1.70 bits per heavy atom. The highest BCUT2D eigenvalue weighted by atomic mass is 16.1. The smallest absolute Gasteiger partial charge is 0.122 e. The van der Waals surface area contributed by atoms with Gasteiger partial charge in [-0.05, 0) is 31.6 Å². The van der Waals surface area contributed by atoms with Crippen molar-refractivity contribution in [2.75, 3.05) is 7.05 Å². The van der Waals surface area contributed by atoms with E-state index in [9.17, 15) is 4.79 Å². The van der Waals surface area contributed by atoms with Crippen LogP contribution < -0.4 is 11.5 Å². The molecule has 132 valence electrons. The van der Waals surface area contributed by atoms with Crippen molar-refractivity contribution in [2.45, 2.75) is 70.8 Å². The Kier molecular flexibility index (Phi) is 13.0. The number of carbonyl (C=O) groups excluding carboxylic acids is 1. The molecule has 5 heteroatoms. The summed E-state index contributed by atoms with van der Waals surface area (Å²) in [4.78, 5) is 19.3. The standard InChI is InChI=1S/C18H34N4O/c1-4-9-15(2)14-16(12-13-23)22-18(20)11-8-6-5-7-10-17(19)21-3/h4,13,15-16H,1,5-12,14H2,2-3H3,(H2,19,21)(H2,20,22). The van der Waals surface area contributed by atoms with Gasteiger partial charge >= 0.3 is 0 Å². The van der Waals surface area contributed by atoms with Crippen LogP contribution in [0, 0.1) is 5.92 Å². The first-order valence-corrected chi connectivity index (χ1v) is 8.61. The fourth-order valence-electron chi connectivity index (χ4n) is 2.53. The largest absolute Gasteiger partial charge is 0.387 e. The van der Waals surface area contributed by atoms with Gasteiger partial charge in [0.2, 0.25) is 0 Å². The van der Waals surface area contributed by atoms with Gasteiger partial charge in [-0.3, -0.25) is 9.98 Å². The van der Waals surface area contributed by atoms with E-state index in [1.165, 1.54) is 0 Å². The summed E-state index contributed by atoms with van der Waals surface area (Å²) in [5.74, 6) is 1.86. The van der Waals surface area contributed by atoms with Crippen LogP contribution in [0.2, 0.25) is 0 Å². The number of nitrogens with zero attached hydrogens (tertiary/aromatic N) is 2. The normalized spacial score (nSPS) is 15.2. The molecular formula is C18H34N4O. The lowest BCUT2D eigenvalue weighted by atomic mass is 9.97. The molecular weight excluding hydrogens is 288 g/mol. The number of carbonyl (C=O) groups is 1. The number of hydrogen-bond donors (Lipinski definition) is 2. The van der Waals surface area contributed by atoms with E-state index in [1.54, 1.807) is 7.05 Å². The molecule has 0 amide bonds. The van der Waals surface area contributed by atoms with E-state index in [-0.39, 0.29) is 6.04 Å². The molecule has 5 nitrogen and oxygen atoms in total. The fourth-order valence-corrected chi connectivity index (χ4v) is 2.53. The van der Waals surface area contributed by atoms with Gasteiger partial charge in [0.05, 0.1) is 17.7 Å². The van der Waals surface area contributed by atoms with Crippen molar-refractivity contribution < 1.29 is 4.79 Å². The summed E-state index contributed by atoms with van der Waals surface area (Å²) in [6.45, 7) is 5.90. The zero-order valence-corrected chi connectivity index (χ0v) is 14.8. The van der Waals surface area contributed by atoms with E-state index in [2.05, 4.69) is 23.5 Å². The number of amidine groups is 2. The van der Waals surface area contributed by atoms with Crippen molar-refractivity contribution in [3.8, 4) is 0 Å². The third-order valence-electron chi connectivity index (χ3n) is 3.86. The minimum Gasteiger partial charge on any atom is -0.387 e. The summed E-state index contributed by atoms with van der Waals surface area (Å²) in [6, 6.07) is 0.00279. The average molecular weight is 322 g/mol. The third-order valence-corrected chi connectivity index (χ3v) is 3.86. The monoisotopic (exact) mass is 322 g/mol. The van der Waals surface area contributed by atoms with Gasteiger partial charge in [0.25, 0.3) is 0 Å². The van der Waals surface area contributed by atoms with Gasteiger partial charge in [-0.2, -0.15) is 0 Å². The fraction of sp³-hybridized carbons (Fsp3) is 0.722. The summed E-state index contributed by atoms with van der Waals surface area (Å²) in [6.07, 6.45) is 11.1. The van der Waals surface area contributed by atoms with Gasteiger partial charge in [-0.15, -0.1) is 6.58 Å². The molecule has 0 fully saturated rings. The molecule has 0 aromatic rings. The first kappa shape index (κ1) is 21.4. The van der Waals surface area contributed by atoms with Crippen LogP contribution in [-0.4, -0.2) is 31.0 Å². The van der Waals surface area contributed by atoms with Crippen molar-refractivity contribution in [3.05, 3.63) is 12.7 Å². The van der Waals surface area contributed by atoms with E-state index in [1.807, 2.05) is 6.08 Å². The van der Waals surface area contributed by atoms with Crippen LogP contribution in [-0.2, 0) is 4.79 Å². The zero-order chi connectivity index (χ0) is 17.5. The lowest BCUT2D eigenvalue weighted by Crippen LogP contribution is -2.19. The van der Waals surface area contributed by atoms with Gasteiger partial charge in [-0.25, -0.2) is 0 Å². The minimum atomic E-state index is 0.00279. The topological polar surface area (TPSA) is 93.8 Å². The number of aliphatic imine (C=N–C) groups is 2. The number of unbranched alkanes of at least 4 members (excludes halogenated alkanes) is 3. The molecule has 0 heterocycles. The van der Waals surface area contributed by atoms with Crippen LogP contribution in [0.1, 0.15) is 64.7 Å². The summed E-state index contributed by atoms with van der Waals surface area (Å²) in [7, 11) is 1.72. The quantitative estimate of drug-likeness (QED) is 0.169. The van der Waals surface area contributed by atoms with Crippen molar-refractivity contribution in [3.63, 3.8) is 0 Å². The van der Waals surface area contributed by atoms with Gasteiger partial charge in [0, 0.05) is 26.3 Å². The van der Waals surface area contributed by atoms with Crippen LogP contribution in [0.3, 0.4) is 0 Å². The lowest BCUT2D eigenvalue weighted by Gasteiger charge is -2.15. The Morgan fingerprint density at radius 3 is 2.22 bits per heavy atom. The summed E-state index contributed by atoms with van der Waals surface area (Å²) in [5, 5.41) is 0. The summed E-state index contributed by atoms with van der Waals surface area (Å²) in [5.41, 5.74) is 11.7. The van der Waals surface area contributed by atoms with Crippen molar-refractivity contribution >= 4 is 18.0 Å². The molecule has 0 aliphatic heterocycles. The first-order valence-electron chi connectivity index (χ1n) is 8.61. The van der Waals surface area contributed by atoms with E-state index < -0.39 is 0 Å². The van der Waals surface area contributed by atoms with Crippen LogP contribution in [0.15, 0.2) is 22.6 Å². The second kappa shape index (κ2) is 14.0. The maximum absolute atomic E-state index is 10.8. The highest BCUT2D eigenvalue weighted by Crippen LogP contribution is 2.16. The van der Waals surface area contributed by atoms with E-state index >= 15 is 0 Å². The second-order valence-electron chi connectivity index (χ2n) is 6.17. The first-order chi connectivity index (χ1) is 11.0. The highest BCUT2D eigenvalue weighted by molar-refractivity contribution is 5.80. The van der Waals surface area contributed by atoms with Crippen LogP contribution in [0.4, 0.5) is 0 Å². The van der Waals surface area contributed by atoms with Gasteiger partial charge < -0.3 is 16.3 Å². The maximum atomic E-state index is 10.8. The van der Waals surface area contributed by atoms with Gasteiger partial charge in [0.15, 0.2) is 0 Å². The maximum Gasteiger partial charge on any atom is 0.122 e.